The number of ether oxygens (including phenoxy) is 1. The first-order valence-electron chi connectivity index (χ1n) is 6.72. The number of carbonyl (C=O) groups is 2. The summed E-state index contributed by atoms with van der Waals surface area (Å²) in [5, 5.41) is 8.71. The van der Waals surface area contributed by atoms with Gasteiger partial charge in [-0.1, -0.05) is 6.07 Å². The van der Waals surface area contributed by atoms with E-state index in [0.29, 0.717) is 37.5 Å². The molecule has 1 aliphatic heterocycles. The SMILES string of the molecule is CCNC(=O)CCNCc1ccc2c(c1)NC(=O)CO2. The lowest BCUT2D eigenvalue weighted by molar-refractivity contribution is -0.121. The highest BCUT2D eigenvalue weighted by Crippen LogP contribution is 2.28. The fourth-order valence-corrected chi connectivity index (χ4v) is 1.96. The Morgan fingerprint density at radius 1 is 1.45 bits per heavy atom. The molecule has 0 radical (unpaired) electrons. The van der Waals surface area contributed by atoms with Crippen LogP contribution in [0, 0.1) is 0 Å². The molecule has 2 amide bonds. The molecule has 0 saturated heterocycles. The molecule has 0 saturated carbocycles. The first kappa shape index (κ1) is 14.3. The average molecular weight is 277 g/mol. The van der Waals surface area contributed by atoms with E-state index >= 15 is 0 Å². The lowest BCUT2D eigenvalue weighted by atomic mass is 10.1. The summed E-state index contributed by atoms with van der Waals surface area (Å²) in [7, 11) is 0. The molecule has 1 heterocycles. The van der Waals surface area contributed by atoms with Gasteiger partial charge < -0.3 is 20.7 Å². The first-order chi connectivity index (χ1) is 9.69. The number of rotatable bonds is 6. The molecule has 6 heteroatoms. The number of benzene rings is 1. The van der Waals surface area contributed by atoms with Gasteiger partial charge in [0, 0.05) is 26.1 Å². The molecule has 0 unspecified atom stereocenters. The minimum absolute atomic E-state index is 0.0473. The Balaban J connectivity index is 1.80. The van der Waals surface area contributed by atoms with Crippen LogP contribution < -0.4 is 20.7 Å². The molecule has 1 aliphatic rings. The van der Waals surface area contributed by atoms with Gasteiger partial charge in [-0.15, -0.1) is 0 Å². The molecule has 3 N–H and O–H groups in total. The minimum Gasteiger partial charge on any atom is -0.482 e. The van der Waals surface area contributed by atoms with E-state index < -0.39 is 0 Å². The third kappa shape index (κ3) is 3.96. The molecule has 0 fully saturated rings. The van der Waals surface area contributed by atoms with Gasteiger partial charge in [0.05, 0.1) is 5.69 Å². The Labute approximate surface area is 117 Å². The van der Waals surface area contributed by atoms with E-state index in [1.165, 1.54) is 0 Å². The lowest BCUT2D eigenvalue weighted by Gasteiger charge is -2.18. The molecular weight excluding hydrogens is 258 g/mol. The molecule has 1 aromatic carbocycles. The predicted molar refractivity (Wildman–Crippen MR) is 75.6 cm³/mol. The normalized spacial score (nSPS) is 13.2. The predicted octanol–water partition coefficient (Wildman–Crippen LogP) is 0.633. The zero-order valence-corrected chi connectivity index (χ0v) is 11.5. The summed E-state index contributed by atoms with van der Waals surface area (Å²) < 4.78 is 5.29. The van der Waals surface area contributed by atoms with Crippen LogP contribution in [0.15, 0.2) is 18.2 Å². The fourth-order valence-electron chi connectivity index (χ4n) is 1.96. The van der Waals surface area contributed by atoms with E-state index in [2.05, 4.69) is 16.0 Å². The molecule has 0 atom stereocenters. The van der Waals surface area contributed by atoms with Crippen LogP contribution in [0.1, 0.15) is 18.9 Å². The summed E-state index contributed by atoms with van der Waals surface area (Å²) in [4.78, 5) is 22.5. The molecule has 0 spiro atoms. The summed E-state index contributed by atoms with van der Waals surface area (Å²) in [6.07, 6.45) is 0.457. The molecule has 0 aliphatic carbocycles. The Kier molecular flexibility index (Phi) is 4.95. The van der Waals surface area contributed by atoms with Gasteiger partial charge in [-0.2, -0.15) is 0 Å². The van der Waals surface area contributed by atoms with E-state index in [0.717, 1.165) is 5.56 Å². The molecule has 108 valence electrons. The van der Waals surface area contributed by atoms with Crippen molar-refractivity contribution in [2.45, 2.75) is 19.9 Å². The first-order valence-corrected chi connectivity index (χ1v) is 6.72. The van der Waals surface area contributed by atoms with E-state index in [1.807, 2.05) is 25.1 Å². The van der Waals surface area contributed by atoms with Crippen LogP contribution in [0.3, 0.4) is 0 Å². The van der Waals surface area contributed by atoms with Gasteiger partial charge in [0.1, 0.15) is 5.75 Å². The van der Waals surface area contributed by atoms with E-state index in [9.17, 15) is 9.59 Å². The monoisotopic (exact) mass is 277 g/mol. The van der Waals surface area contributed by atoms with Crippen LogP contribution in [0.4, 0.5) is 5.69 Å². The van der Waals surface area contributed by atoms with Gasteiger partial charge >= 0.3 is 0 Å². The van der Waals surface area contributed by atoms with Crippen molar-refractivity contribution in [1.29, 1.82) is 0 Å². The highest BCUT2D eigenvalue weighted by molar-refractivity contribution is 5.95. The van der Waals surface area contributed by atoms with Crippen LogP contribution in [-0.2, 0) is 16.1 Å². The smallest absolute Gasteiger partial charge is 0.262 e. The number of amides is 2. The number of nitrogens with one attached hydrogen (secondary N) is 3. The third-order valence-electron chi connectivity index (χ3n) is 2.91. The number of hydrogen-bond acceptors (Lipinski definition) is 4. The zero-order valence-electron chi connectivity index (χ0n) is 11.5. The maximum atomic E-state index is 11.3. The largest absolute Gasteiger partial charge is 0.482 e. The number of carbonyl (C=O) groups excluding carboxylic acids is 2. The Hall–Kier alpha value is -2.08. The van der Waals surface area contributed by atoms with Crippen LogP contribution >= 0.6 is 0 Å². The van der Waals surface area contributed by atoms with Gasteiger partial charge in [0.25, 0.3) is 5.91 Å². The van der Waals surface area contributed by atoms with Gasteiger partial charge in [-0.3, -0.25) is 9.59 Å². The second-order valence-electron chi connectivity index (χ2n) is 4.55. The molecule has 20 heavy (non-hydrogen) atoms. The Morgan fingerprint density at radius 2 is 2.30 bits per heavy atom. The third-order valence-corrected chi connectivity index (χ3v) is 2.91. The average Bonchev–Trinajstić information content (AvgIpc) is 2.43. The Morgan fingerprint density at radius 3 is 3.10 bits per heavy atom. The van der Waals surface area contributed by atoms with Crippen molar-refractivity contribution in [3.8, 4) is 5.75 Å². The van der Waals surface area contributed by atoms with Crippen LogP contribution in [0.5, 0.6) is 5.75 Å². The molecule has 0 bridgehead atoms. The van der Waals surface area contributed by atoms with E-state index in [-0.39, 0.29) is 18.4 Å². The van der Waals surface area contributed by atoms with Crippen molar-refractivity contribution in [3.05, 3.63) is 23.8 Å². The highest BCUT2D eigenvalue weighted by Gasteiger charge is 2.15. The summed E-state index contributed by atoms with van der Waals surface area (Å²) in [6, 6.07) is 5.66. The fraction of sp³-hybridized carbons (Fsp3) is 0.429. The van der Waals surface area contributed by atoms with Gasteiger partial charge in [-0.05, 0) is 24.6 Å². The minimum atomic E-state index is -0.140. The Bertz CT molecular complexity index is 502. The van der Waals surface area contributed by atoms with Crippen LogP contribution in [0.2, 0.25) is 0 Å². The summed E-state index contributed by atoms with van der Waals surface area (Å²) in [5.74, 6) is 0.598. The van der Waals surface area contributed by atoms with Crippen LogP contribution in [-0.4, -0.2) is 31.5 Å². The van der Waals surface area contributed by atoms with Crippen molar-refractivity contribution in [3.63, 3.8) is 0 Å². The van der Waals surface area contributed by atoms with Crippen molar-refractivity contribution >= 4 is 17.5 Å². The highest BCUT2D eigenvalue weighted by atomic mass is 16.5. The summed E-state index contributed by atoms with van der Waals surface area (Å²) in [6.45, 7) is 3.88. The molecule has 0 aromatic heterocycles. The zero-order chi connectivity index (χ0) is 14.4. The standard InChI is InChI=1S/C14H19N3O3/c1-2-16-13(18)5-6-15-8-10-3-4-12-11(7-10)17-14(19)9-20-12/h3-4,7,15H,2,5-6,8-9H2,1H3,(H,16,18)(H,17,19). The lowest BCUT2D eigenvalue weighted by Crippen LogP contribution is -2.27. The number of hydrogen-bond donors (Lipinski definition) is 3. The van der Waals surface area contributed by atoms with Gasteiger partial charge in [0.2, 0.25) is 5.91 Å². The number of fused-ring (bicyclic) bond motifs is 1. The second-order valence-corrected chi connectivity index (χ2v) is 4.55. The second kappa shape index (κ2) is 6.91. The van der Waals surface area contributed by atoms with Crippen molar-refractivity contribution < 1.29 is 14.3 Å². The summed E-state index contributed by atoms with van der Waals surface area (Å²) in [5.41, 5.74) is 1.73. The molecule has 1 aromatic rings. The van der Waals surface area contributed by atoms with E-state index in [4.69, 9.17) is 4.74 Å². The van der Waals surface area contributed by atoms with Crippen LogP contribution in [0.25, 0.3) is 0 Å². The maximum Gasteiger partial charge on any atom is 0.262 e. The maximum absolute atomic E-state index is 11.3. The van der Waals surface area contributed by atoms with Crippen molar-refractivity contribution in [2.75, 3.05) is 25.0 Å². The number of anilines is 1. The van der Waals surface area contributed by atoms with Gasteiger partial charge in [-0.25, -0.2) is 0 Å². The topological polar surface area (TPSA) is 79.5 Å². The quantitative estimate of drug-likeness (QED) is 0.666. The molecule has 2 rings (SSSR count). The van der Waals surface area contributed by atoms with E-state index in [1.54, 1.807) is 0 Å². The summed E-state index contributed by atoms with van der Waals surface area (Å²) >= 11 is 0. The van der Waals surface area contributed by atoms with Crippen molar-refractivity contribution in [2.24, 2.45) is 0 Å². The molecular formula is C14H19N3O3. The molecule has 6 nitrogen and oxygen atoms in total. The van der Waals surface area contributed by atoms with Gasteiger partial charge in [0.15, 0.2) is 6.61 Å². The van der Waals surface area contributed by atoms with Crippen molar-refractivity contribution in [1.82, 2.24) is 10.6 Å².